The Morgan fingerprint density at radius 2 is 2.06 bits per heavy atom. The maximum absolute atomic E-state index is 11.6. The summed E-state index contributed by atoms with van der Waals surface area (Å²) in [6.07, 6.45) is 0.405. The van der Waals surface area contributed by atoms with Crippen LogP contribution in [0.1, 0.15) is 25.8 Å². The van der Waals surface area contributed by atoms with Crippen LogP contribution in [0, 0.1) is 5.92 Å². The predicted molar refractivity (Wildman–Crippen MR) is 70.1 cm³/mol. The third-order valence-electron chi connectivity index (χ3n) is 3.04. The van der Waals surface area contributed by atoms with Crippen LogP contribution in [-0.2, 0) is 11.3 Å². The van der Waals surface area contributed by atoms with Crippen LogP contribution in [0.3, 0.4) is 0 Å². The summed E-state index contributed by atoms with van der Waals surface area (Å²) in [5.41, 5.74) is 0.941. The summed E-state index contributed by atoms with van der Waals surface area (Å²) in [6.45, 7) is 4.17. The van der Waals surface area contributed by atoms with Gasteiger partial charge in [0.25, 0.3) is 0 Å². The summed E-state index contributed by atoms with van der Waals surface area (Å²) < 4.78 is 5.09. The van der Waals surface area contributed by atoms with Gasteiger partial charge in [-0.2, -0.15) is 0 Å². The SMILES string of the molecule is CC[C@@H](C)[C@@H](CO)NC(=O)OCc1ccccc1. The highest BCUT2D eigenvalue weighted by atomic mass is 16.5. The molecule has 4 heteroatoms. The van der Waals surface area contributed by atoms with E-state index in [0.29, 0.717) is 0 Å². The van der Waals surface area contributed by atoms with Gasteiger partial charge >= 0.3 is 6.09 Å². The number of nitrogens with one attached hydrogen (secondary N) is 1. The second-order valence-electron chi connectivity index (χ2n) is 4.38. The van der Waals surface area contributed by atoms with E-state index in [-0.39, 0.29) is 25.2 Å². The van der Waals surface area contributed by atoms with Gasteiger partial charge in [-0.15, -0.1) is 0 Å². The fraction of sp³-hybridized carbons (Fsp3) is 0.500. The molecule has 1 rings (SSSR count). The van der Waals surface area contributed by atoms with Crippen molar-refractivity contribution in [3.05, 3.63) is 35.9 Å². The van der Waals surface area contributed by atoms with Crippen molar-refractivity contribution in [1.29, 1.82) is 0 Å². The largest absolute Gasteiger partial charge is 0.445 e. The number of alkyl carbamates (subject to hydrolysis) is 1. The molecule has 0 aromatic heterocycles. The predicted octanol–water partition coefficient (Wildman–Crippen LogP) is 2.32. The molecule has 0 spiro atoms. The van der Waals surface area contributed by atoms with Crippen LogP contribution in [0.5, 0.6) is 0 Å². The molecule has 0 saturated carbocycles. The average molecular weight is 251 g/mol. The zero-order valence-corrected chi connectivity index (χ0v) is 10.9. The molecule has 1 aromatic rings. The minimum atomic E-state index is -0.488. The third-order valence-corrected chi connectivity index (χ3v) is 3.04. The van der Waals surface area contributed by atoms with E-state index in [1.807, 2.05) is 44.2 Å². The lowest BCUT2D eigenvalue weighted by Crippen LogP contribution is -2.42. The van der Waals surface area contributed by atoms with Gasteiger partial charge in [0.1, 0.15) is 6.61 Å². The van der Waals surface area contributed by atoms with Gasteiger partial charge in [0.2, 0.25) is 0 Å². The number of hydrogen-bond donors (Lipinski definition) is 2. The number of hydrogen-bond acceptors (Lipinski definition) is 3. The summed E-state index contributed by atoms with van der Waals surface area (Å²) in [5, 5.41) is 11.9. The van der Waals surface area contributed by atoms with Crippen molar-refractivity contribution in [2.45, 2.75) is 32.9 Å². The molecule has 0 aliphatic heterocycles. The highest BCUT2D eigenvalue weighted by Crippen LogP contribution is 2.07. The van der Waals surface area contributed by atoms with Crippen LogP contribution in [-0.4, -0.2) is 23.8 Å². The van der Waals surface area contributed by atoms with E-state index in [4.69, 9.17) is 4.74 Å². The Labute approximate surface area is 108 Å². The van der Waals surface area contributed by atoms with Crippen LogP contribution in [0.4, 0.5) is 4.79 Å². The van der Waals surface area contributed by atoms with Crippen molar-refractivity contribution in [1.82, 2.24) is 5.32 Å². The first-order valence-electron chi connectivity index (χ1n) is 6.25. The fourth-order valence-corrected chi connectivity index (χ4v) is 1.57. The Bertz CT molecular complexity index is 353. The number of benzene rings is 1. The normalized spacial score (nSPS) is 13.7. The number of aliphatic hydroxyl groups is 1. The van der Waals surface area contributed by atoms with Gasteiger partial charge in [0, 0.05) is 0 Å². The summed E-state index contributed by atoms with van der Waals surface area (Å²) >= 11 is 0. The summed E-state index contributed by atoms with van der Waals surface area (Å²) in [4.78, 5) is 11.6. The first kappa shape index (κ1) is 14.5. The molecule has 18 heavy (non-hydrogen) atoms. The molecule has 2 atom stereocenters. The summed E-state index contributed by atoms with van der Waals surface area (Å²) in [6, 6.07) is 9.24. The quantitative estimate of drug-likeness (QED) is 0.815. The van der Waals surface area contributed by atoms with Crippen LogP contribution >= 0.6 is 0 Å². The van der Waals surface area contributed by atoms with Crippen molar-refractivity contribution in [2.24, 2.45) is 5.92 Å². The maximum Gasteiger partial charge on any atom is 0.407 e. The van der Waals surface area contributed by atoms with Crippen molar-refractivity contribution in [3.8, 4) is 0 Å². The molecule has 2 N–H and O–H groups in total. The topological polar surface area (TPSA) is 58.6 Å². The number of ether oxygens (including phenoxy) is 1. The van der Waals surface area contributed by atoms with Crippen molar-refractivity contribution >= 4 is 6.09 Å². The molecule has 0 fully saturated rings. The van der Waals surface area contributed by atoms with E-state index in [2.05, 4.69) is 5.32 Å². The Kier molecular flexibility index (Phi) is 6.22. The molecule has 0 aliphatic rings. The Morgan fingerprint density at radius 3 is 2.61 bits per heavy atom. The smallest absolute Gasteiger partial charge is 0.407 e. The minimum Gasteiger partial charge on any atom is -0.445 e. The molecule has 4 nitrogen and oxygen atoms in total. The minimum absolute atomic E-state index is 0.0740. The van der Waals surface area contributed by atoms with Crippen LogP contribution in [0.2, 0.25) is 0 Å². The lowest BCUT2D eigenvalue weighted by atomic mass is 10.0. The number of carbonyl (C=O) groups is 1. The summed E-state index contributed by atoms with van der Waals surface area (Å²) in [5.74, 6) is 0.222. The average Bonchev–Trinajstić information content (AvgIpc) is 2.42. The van der Waals surface area contributed by atoms with Gasteiger partial charge < -0.3 is 15.2 Å². The van der Waals surface area contributed by atoms with E-state index in [9.17, 15) is 9.90 Å². The van der Waals surface area contributed by atoms with Gasteiger partial charge in [0.05, 0.1) is 12.6 Å². The van der Waals surface area contributed by atoms with E-state index >= 15 is 0 Å². The van der Waals surface area contributed by atoms with Crippen LogP contribution < -0.4 is 5.32 Å². The number of carbonyl (C=O) groups excluding carboxylic acids is 1. The molecule has 0 aliphatic carbocycles. The molecule has 0 saturated heterocycles. The van der Waals surface area contributed by atoms with E-state index in [0.717, 1.165) is 12.0 Å². The fourth-order valence-electron chi connectivity index (χ4n) is 1.57. The van der Waals surface area contributed by atoms with Crippen molar-refractivity contribution < 1.29 is 14.6 Å². The van der Waals surface area contributed by atoms with Gasteiger partial charge in [0.15, 0.2) is 0 Å². The first-order chi connectivity index (χ1) is 8.67. The van der Waals surface area contributed by atoms with Gasteiger partial charge in [-0.1, -0.05) is 50.6 Å². The Morgan fingerprint density at radius 1 is 1.39 bits per heavy atom. The highest BCUT2D eigenvalue weighted by molar-refractivity contribution is 5.67. The van der Waals surface area contributed by atoms with Crippen molar-refractivity contribution in [2.75, 3.05) is 6.61 Å². The second-order valence-corrected chi connectivity index (χ2v) is 4.38. The zero-order chi connectivity index (χ0) is 13.4. The van der Waals surface area contributed by atoms with Gasteiger partial charge in [-0.3, -0.25) is 0 Å². The zero-order valence-electron chi connectivity index (χ0n) is 10.9. The van der Waals surface area contributed by atoms with E-state index in [1.165, 1.54) is 0 Å². The monoisotopic (exact) mass is 251 g/mol. The lowest BCUT2D eigenvalue weighted by Gasteiger charge is -2.21. The second kappa shape index (κ2) is 7.71. The Balaban J connectivity index is 2.37. The standard InChI is InChI=1S/C14H21NO3/c1-3-11(2)13(9-16)15-14(17)18-10-12-7-5-4-6-8-12/h4-8,11,13,16H,3,9-10H2,1-2H3,(H,15,17)/t11-,13-/m1/s1. The molecule has 1 aromatic carbocycles. The lowest BCUT2D eigenvalue weighted by molar-refractivity contribution is 0.121. The Hall–Kier alpha value is -1.55. The van der Waals surface area contributed by atoms with Crippen LogP contribution in [0.15, 0.2) is 30.3 Å². The van der Waals surface area contributed by atoms with E-state index in [1.54, 1.807) is 0 Å². The molecule has 0 heterocycles. The molecule has 0 bridgehead atoms. The molecule has 0 unspecified atom stereocenters. The number of aliphatic hydroxyl groups excluding tert-OH is 1. The molecule has 0 radical (unpaired) electrons. The van der Waals surface area contributed by atoms with Crippen LogP contribution in [0.25, 0.3) is 0 Å². The third kappa shape index (κ3) is 4.75. The highest BCUT2D eigenvalue weighted by Gasteiger charge is 2.17. The van der Waals surface area contributed by atoms with E-state index < -0.39 is 6.09 Å². The van der Waals surface area contributed by atoms with Crippen molar-refractivity contribution in [3.63, 3.8) is 0 Å². The first-order valence-corrected chi connectivity index (χ1v) is 6.25. The maximum atomic E-state index is 11.6. The molecule has 1 amide bonds. The number of rotatable bonds is 6. The molecule has 100 valence electrons. The molecular weight excluding hydrogens is 230 g/mol. The number of amides is 1. The van der Waals surface area contributed by atoms with Gasteiger partial charge in [-0.25, -0.2) is 4.79 Å². The molecular formula is C14H21NO3. The van der Waals surface area contributed by atoms with Gasteiger partial charge in [-0.05, 0) is 11.5 Å². The summed E-state index contributed by atoms with van der Waals surface area (Å²) in [7, 11) is 0.